The third kappa shape index (κ3) is 9.81. The summed E-state index contributed by atoms with van der Waals surface area (Å²) in [4.78, 5) is 12.6. The Labute approximate surface area is 266 Å². The van der Waals surface area contributed by atoms with Crippen molar-refractivity contribution in [1.29, 1.82) is 0 Å². The van der Waals surface area contributed by atoms with Crippen molar-refractivity contribution in [3.8, 4) is 0 Å². The van der Waals surface area contributed by atoms with Crippen LogP contribution in [0, 0.1) is 0 Å². The molecular formula is C29H54O16. The summed E-state index contributed by atoms with van der Waals surface area (Å²) < 4.78 is 87.7. The fourth-order valence-corrected chi connectivity index (χ4v) is 5.98. The van der Waals surface area contributed by atoms with Crippen LogP contribution in [0.2, 0.25) is 0 Å². The number of aldehydes is 1. The van der Waals surface area contributed by atoms with Crippen LogP contribution in [0.15, 0.2) is 0 Å². The summed E-state index contributed by atoms with van der Waals surface area (Å²) in [5, 5.41) is 0. The van der Waals surface area contributed by atoms with E-state index >= 15 is 0 Å². The quantitative estimate of drug-likeness (QED) is 0.137. The molecule has 0 amide bonds. The summed E-state index contributed by atoms with van der Waals surface area (Å²) in [5.74, 6) is 0. The van der Waals surface area contributed by atoms with Gasteiger partial charge in [-0.15, -0.1) is 0 Å². The van der Waals surface area contributed by atoms with Gasteiger partial charge < -0.3 is 75.8 Å². The van der Waals surface area contributed by atoms with Gasteiger partial charge in [0.25, 0.3) is 0 Å². The van der Waals surface area contributed by atoms with E-state index in [0.29, 0.717) is 6.29 Å². The van der Waals surface area contributed by atoms with Crippen molar-refractivity contribution in [2.75, 3.05) is 98.0 Å². The van der Waals surface area contributed by atoms with Gasteiger partial charge in [-0.2, -0.15) is 0 Å². The molecule has 2 saturated heterocycles. The normalized spacial score (nSPS) is 35.1. The number of ether oxygens (including phenoxy) is 15. The Bertz CT molecular complexity index is 793. The molecule has 10 unspecified atom stereocenters. The van der Waals surface area contributed by atoms with E-state index in [4.69, 9.17) is 71.1 Å². The molecule has 2 fully saturated rings. The first kappa shape index (κ1) is 40.2. The molecule has 0 bridgehead atoms. The molecule has 0 spiro atoms. The molecule has 0 saturated carbocycles. The Morgan fingerprint density at radius 2 is 1.04 bits per heavy atom. The standard InChI is InChI=1S/C29H54O16/c1-31-13-17(34-4)21(36-6)20(35-5)16(12-30)42-29-27(25(40-10)23(38-8)19(44-29)15-33-3)45-28-26(41-11)24(39-9)22(37-7)18(43-28)14-32-2/h12,16-29H,13-15H2,1-11H3/t16?,17?,18-,19?,20?,21?,22-,23?,24+,25?,26-,27?,28?,29?/m1/s1. The van der Waals surface area contributed by atoms with Crippen molar-refractivity contribution < 1.29 is 75.8 Å². The predicted octanol–water partition coefficient (Wildman–Crippen LogP) is -0.535. The second-order valence-corrected chi connectivity index (χ2v) is 10.5. The summed E-state index contributed by atoms with van der Waals surface area (Å²) in [6.07, 6.45) is -10.8. The van der Waals surface area contributed by atoms with Gasteiger partial charge in [-0.25, -0.2) is 0 Å². The van der Waals surface area contributed by atoms with E-state index in [1.807, 2.05) is 0 Å². The van der Waals surface area contributed by atoms with Crippen LogP contribution in [0.25, 0.3) is 0 Å². The minimum Gasteiger partial charge on any atom is -0.382 e. The van der Waals surface area contributed by atoms with Crippen molar-refractivity contribution in [3.05, 3.63) is 0 Å². The number of hydrogen-bond acceptors (Lipinski definition) is 16. The zero-order valence-electron chi connectivity index (χ0n) is 28.3. The number of methoxy groups -OCH3 is 11. The lowest BCUT2D eigenvalue weighted by molar-refractivity contribution is -0.379. The van der Waals surface area contributed by atoms with Crippen molar-refractivity contribution in [2.24, 2.45) is 0 Å². The predicted molar refractivity (Wildman–Crippen MR) is 155 cm³/mol. The van der Waals surface area contributed by atoms with Gasteiger partial charge in [-0.05, 0) is 0 Å². The molecule has 266 valence electrons. The lowest BCUT2D eigenvalue weighted by atomic mass is 9.96. The minimum atomic E-state index is -1.22. The van der Waals surface area contributed by atoms with Crippen LogP contribution in [-0.2, 0) is 75.8 Å². The molecule has 0 aliphatic carbocycles. The number of hydrogen-bond donors (Lipinski definition) is 0. The average molecular weight is 659 g/mol. The maximum absolute atomic E-state index is 12.6. The first-order valence-corrected chi connectivity index (χ1v) is 14.6. The van der Waals surface area contributed by atoms with Crippen LogP contribution in [0.4, 0.5) is 0 Å². The van der Waals surface area contributed by atoms with Gasteiger partial charge in [0.2, 0.25) is 0 Å². The fraction of sp³-hybridized carbons (Fsp3) is 0.966. The molecule has 0 radical (unpaired) electrons. The highest BCUT2D eigenvalue weighted by Crippen LogP contribution is 2.35. The molecule has 0 aromatic rings. The van der Waals surface area contributed by atoms with Gasteiger partial charge in [0.05, 0.1) is 19.8 Å². The highest BCUT2D eigenvalue weighted by Gasteiger charge is 2.54. The lowest BCUT2D eigenvalue weighted by Crippen LogP contribution is -2.66. The van der Waals surface area contributed by atoms with Crippen molar-refractivity contribution in [3.63, 3.8) is 0 Å². The molecule has 2 heterocycles. The zero-order valence-corrected chi connectivity index (χ0v) is 28.3. The van der Waals surface area contributed by atoms with Crippen LogP contribution in [0.5, 0.6) is 0 Å². The van der Waals surface area contributed by atoms with Gasteiger partial charge in [0.1, 0.15) is 73.2 Å². The van der Waals surface area contributed by atoms with E-state index in [2.05, 4.69) is 0 Å². The second kappa shape index (κ2) is 21.1. The first-order chi connectivity index (χ1) is 21.8. The Morgan fingerprint density at radius 3 is 1.44 bits per heavy atom. The van der Waals surface area contributed by atoms with Crippen molar-refractivity contribution >= 4 is 6.29 Å². The molecular weight excluding hydrogens is 604 g/mol. The van der Waals surface area contributed by atoms with E-state index in [1.54, 1.807) is 21.3 Å². The molecule has 0 N–H and O–H groups in total. The summed E-state index contributed by atoms with van der Waals surface area (Å²) in [5.41, 5.74) is 0. The molecule has 14 atom stereocenters. The van der Waals surface area contributed by atoms with E-state index in [-0.39, 0.29) is 19.8 Å². The Hall–Kier alpha value is -0.930. The molecule has 2 aliphatic rings. The van der Waals surface area contributed by atoms with Crippen LogP contribution >= 0.6 is 0 Å². The third-order valence-electron chi connectivity index (χ3n) is 8.11. The van der Waals surface area contributed by atoms with E-state index in [0.717, 1.165) is 0 Å². The molecule has 2 aliphatic heterocycles. The van der Waals surface area contributed by atoms with Crippen LogP contribution in [0.3, 0.4) is 0 Å². The summed E-state index contributed by atoms with van der Waals surface area (Å²) >= 11 is 0. The second-order valence-electron chi connectivity index (χ2n) is 10.5. The maximum atomic E-state index is 12.6. The topological polar surface area (TPSA) is 156 Å². The molecule has 16 nitrogen and oxygen atoms in total. The van der Waals surface area contributed by atoms with Crippen LogP contribution < -0.4 is 0 Å². The molecule has 45 heavy (non-hydrogen) atoms. The summed E-state index contributed by atoms with van der Waals surface area (Å²) in [7, 11) is 16.7. The van der Waals surface area contributed by atoms with Gasteiger partial charge >= 0.3 is 0 Å². The number of carbonyl (C=O) groups excluding carboxylic acids is 1. The molecule has 2 rings (SSSR count). The Morgan fingerprint density at radius 1 is 0.556 bits per heavy atom. The monoisotopic (exact) mass is 658 g/mol. The Balaban J connectivity index is 2.54. The number of carbonyl (C=O) groups is 1. The van der Waals surface area contributed by atoms with Gasteiger partial charge in [0, 0.05) is 78.2 Å². The van der Waals surface area contributed by atoms with Crippen molar-refractivity contribution in [1.82, 2.24) is 0 Å². The Kier molecular flexibility index (Phi) is 18.9. The largest absolute Gasteiger partial charge is 0.382 e. The van der Waals surface area contributed by atoms with Gasteiger partial charge in [-0.3, -0.25) is 0 Å². The summed E-state index contributed by atoms with van der Waals surface area (Å²) in [6, 6.07) is 0. The first-order valence-electron chi connectivity index (χ1n) is 14.6. The molecule has 16 heteroatoms. The fourth-order valence-electron chi connectivity index (χ4n) is 5.98. The number of rotatable bonds is 22. The van der Waals surface area contributed by atoms with Gasteiger partial charge in [-0.1, -0.05) is 0 Å². The van der Waals surface area contributed by atoms with E-state index < -0.39 is 85.8 Å². The zero-order chi connectivity index (χ0) is 33.5. The third-order valence-corrected chi connectivity index (χ3v) is 8.11. The summed E-state index contributed by atoms with van der Waals surface area (Å²) in [6.45, 7) is 0.484. The van der Waals surface area contributed by atoms with Crippen molar-refractivity contribution in [2.45, 2.75) is 85.8 Å². The molecule has 0 aromatic carbocycles. The van der Waals surface area contributed by atoms with Crippen LogP contribution in [-0.4, -0.2) is 190 Å². The SMILES string of the molecule is COCC(OC)C(OC)C(OC)C(C=O)OC1OC(COC)C(OC)C(OC)C1OC1O[C@H](COC)[C@@H](OC)[C@H](OC)[C@H]1OC. The molecule has 0 aromatic heterocycles. The van der Waals surface area contributed by atoms with E-state index in [1.165, 1.54) is 56.9 Å². The minimum absolute atomic E-state index is 0.127. The smallest absolute Gasteiger partial charge is 0.188 e. The highest BCUT2D eigenvalue weighted by molar-refractivity contribution is 5.57. The maximum Gasteiger partial charge on any atom is 0.188 e. The highest BCUT2D eigenvalue weighted by atomic mass is 16.8. The lowest BCUT2D eigenvalue weighted by Gasteiger charge is -2.49. The van der Waals surface area contributed by atoms with Gasteiger partial charge in [0.15, 0.2) is 18.9 Å². The van der Waals surface area contributed by atoms with E-state index in [9.17, 15) is 4.79 Å². The average Bonchev–Trinajstić information content (AvgIpc) is 3.05. The van der Waals surface area contributed by atoms with Crippen LogP contribution in [0.1, 0.15) is 0 Å².